The Balaban J connectivity index is 0.927. The fourth-order valence-corrected chi connectivity index (χ4v) is 15.5. The summed E-state index contributed by atoms with van der Waals surface area (Å²) < 4.78 is 9.52. The van der Waals surface area contributed by atoms with Crippen LogP contribution in [-0.2, 0) is 0 Å². The maximum atomic E-state index is 6.96. The van der Waals surface area contributed by atoms with E-state index in [-0.39, 0.29) is 11.8 Å². The summed E-state index contributed by atoms with van der Waals surface area (Å²) in [5.74, 6) is 0.415. The van der Waals surface area contributed by atoms with E-state index in [1.54, 1.807) is 0 Å². The molecule has 0 spiro atoms. The van der Waals surface area contributed by atoms with Crippen molar-refractivity contribution in [3.05, 3.63) is 248 Å². The number of aromatic nitrogens is 1. The molecule has 0 saturated heterocycles. The van der Waals surface area contributed by atoms with Crippen molar-refractivity contribution in [2.24, 2.45) is 0 Å². The zero-order valence-corrected chi connectivity index (χ0v) is 47.5. The second kappa shape index (κ2) is 17.6. The average molecular weight is 1100 g/mol. The minimum Gasteiger partial charge on any atom is -0.456 e. The van der Waals surface area contributed by atoms with Crippen LogP contribution in [0.3, 0.4) is 0 Å². The van der Waals surface area contributed by atoms with E-state index < -0.39 is 0 Å². The third-order valence-corrected chi connectivity index (χ3v) is 19.2. The third-order valence-electron chi connectivity index (χ3n) is 18.1. The van der Waals surface area contributed by atoms with E-state index in [0.29, 0.717) is 0 Å². The Morgan fingerprint density at radius 3 is 1.30 bits per heavy atom. The lowest BCUT2D eigenvalue weighted by Gasteiger charge is -2.41. The van der Waals surface area contributed by atoms with Gasteiger partial charge in [-0.25, -0.2) is 0 Å². The van der Waals surface area contributed by atoms with Gasteiger partial charge in [0.25, 0.3) is 0 Å². The largest absolute Gasteiger partial charge is 0.456 e. The van der Waals surface area contributed by atoms with Gasteiger partial charge >= 0.3 is 0 Å². The molecule has 0 bridgehead atoms. The van der Waals surface area contributed by atoms with Crippen molar-refractivity contribution in [2.75, 3.05) is 19.6 Å². The van der Waals surface area contributed by atoms with Crippen LogP contribution in [0.2, 0.25) is 0 Å². The number of hydrogen-bond donors (Lipinski definition) is 0. The van der Waals surface area contributed by atoms with Crippen molar-refractivity contribution >= 4 is 176 Å². The average Bonchev–Trinajstić information content (AvgIpc) is 2.89. The number of rotatable bonds is 6. The summed E-state index contributed by atoms with van der Waals surface area (Å²) >= 11 is 1.89. The van der Waals surface area contributed by atoms with Gasteiger partial charge in [-0.15, -0.1) is 11.3 Å². The molecule has 6 nitrogen and oxygen atoms in total. The number of fused-ring (bicyclic) bond motifs is 12. The lowest BCUT2D eigenvalue weighted by molar-refractivity contribution is 0.669. The molecular weight excluding hydrogens is 1040 g/mol. The number of pyridine rings is 1. The molecule has 0 amide bonds. The van der Waals surface area contributed by atoms with E-state index in [4.69, 9.17) is 4.42 Å². The van der Waals surface area contributed by atoms with Gasteiger partial charge in [-0.05, 0) is 169 Å². The molecule has 16 aromatic rings. The highest BCUT2D eigenvalue weighted by molar-refractivity contribution is 7.26. The van der Waals surface area contributed by atoms with E-state index in [9.17, 15) is 0 Å². The third kappa shape index (κ3) is 6.70. The Hall–Kier alpha value is -10.2. The number of para-hydroxylation sites is 5. The van der Waals surface area contributed by atoms with Crippen LogP contribution in [0.5, 0.6) is 0 Å². The Morgan fingerprint density at radius 2 is 0.726 bits per heavy atom. The molecule has 5 heterocycles. The predicted molar refractivity (Wildman–Crippen MR) is 357 cm³/mol. The molecule has 398 valence electrons. The highest BCUT2D eigenvalue weighted by atomic mass is 32.1. The fourth-order valence-electron chi connectivity index (χ4n) is 14.4. The number of thiophene rings is 1. The lowest BCUT2D eigenvalue weighted by Crippen LogP contribution is -2.24. The number of nitrogens with zero attached hydrogens (tertiary/aromatic N) is 5. The van der Waals surface area contributed by atoms with E-state index in [2.05, 4.69) is 277 Å². The van der Waals surface area contributed by atoms with Gasteiger partial charge in [0.15, 0.2) is 0 Å². The maximum absolute atomic E-state index is 6.96. The van der Waals surface area contributed by atoms with Crippen LogP contribution in [0.15, 0.2) is 241 Å². The Kier molecular flexibility index (Phi) is 9.97. The number of furan rings is 1. The van der Waals surface area contributed by atoms with Gasteiger partial charge in [0.1, 0.15) is 11.2 Å². The predicted octanol–water partition coefficient (Wildman–Crippen LogP) is 23.3. The lowest BCUT2D eigenvalue weighted by atomic mass is 9.82. The first-order chi connectivity index (χ1) is 41.3. The monoisotopic (exact) mass is 1100 g/mol. The molecule has 0 fully saturated rings. The van der Waals surface area contributed by atoms with Crippen molar-refractivity contribution in [3.8, 4) is 0 Å². The van der Waals surface area contributed by atoms with Crippen LogP contribution in [0.25, 0.3) is 96.0 Å². The summed E-state index contributed by atoms with van der Waals surface area (Å²) in [7, 11) is 0. The summed E-state index contributed by atoms with van der Waals surface area (Å²) in [5.41, 5.74) is 17.7. The summed E-state index contributed by atoms with van der Waals surface area (Å²) in [6.07, 6.45) is 3.79. The van der Waals surface area contributed by atoms with Crippen LogP contribution < -0.4 is 19.6 Å². The van der Waals surface area contributed by atoms with Crippen LogP contribution in [0.1, 0.15) is 50.7 Å². The number of anilines is 12. The molecule has 0 saturated carbocycles. The molecule has 18 rings (SSSR count). The molecule has 0 N–H and O–H groups in total. The molecule has 2 aliphatic heterocycles. The summed E-state index contributed by atoms with van der Waals surface area (Å²) in [6, 6.07) is 83.9. The summed E-state index contributed by atoms with van der Waals surface area (Å²) in [6.45, 7) is 9.45. The molecule has 2 aliphatic rings. The topological polar surface area (TPSA) is 39.0 Å². The van der Waals surface area contributed by atoms with Gasteiger partial charge in [0, 0.05) is 71.6 Å². The molecular formula is C77H53N5OS. The van der Waals surface area contributed by atoms with E-state index >= 15 is 0 Å². The second-order valence-electron chi connectivity index (χ2n) is 23.5. The molecule has 13 aromatic carbocycles. The van der Waals surface area contributed by atoms with Crippen LogP contribution in [0, 0.1) is 0 Å². The quantitative estimate of drug-likeness (QED) is 0.155. The highest BCUT2D eigenvalue weighted by Gasteiger charge is 2.37. The zero-order chi connectivity index (χ0) is 55.6. The van der Waals surface area contributed by atoms with Gasteiger partial charge in [0.2, 0.25) is 0 Å². The molecule has 0 atom stereocenters. The first-order valence-corrected chi connectivity index (χ1v) is 30.0. The first-order valence-electron chi connectivity index (χ1n) is 29.2. The Morgan fingerprint density at radius 1 is 0.310 bits per heavy atom. The Labute approximate surface area is 489 Å². The van der Waals surface area contributed by atoms with Crippen LogP contribution in [0.4, 0.5) is 68.2 Å². The van der Waals surface area contributed by atoms with Crippen molar-refractivity contribution in [1.29, 1.82) is 0 Å². The fraction of sp³-hybridized carbons (Fsp3) is 0.0779. The van der Waals surface area contributed by atoms with Crippen molar-refractivity contribution in [1.82, 2.24) is 4.98 Å². The zero-order valence-electron chi connectivity index (χ0n) is 46.7. The van der Waals surface area contributed by atoms with Crippen molar-refractivity contribution in [2.45, 2.75) is 39.5 Å². The van der Waals surface area contributed by atoms with Gasteiger partial charge in [0.05, 0.1) is 56.9 Å². The smallest absolute Gasteiger partial charge is 0.137 e. The molecule has 7 heteroatoms. The standard InChI is InChI=1S/C77H53N5OS/c1-44(2)54-36-51-27-29-65(82-63-25-15-12-22-60(63)79(52-20-6-5-7-21-52)67-41-59-58-35-47-17-9-11-19-49(47)39-72(58)84-73(59)43-69(67)82)77-55(45(3)4)37-50-26-28-64(76(54)74(50)75(51)77)81-62-24-14-13-23-61(62)80(53-30-32-78-33-31-53)66-40-57-56-34-46-16-8-10-18-48(46)38-70(56)83-71(57)42-68(66)81/h5-45H,1-4H3. The normalized spacial score (nSPS) is 13.4. The molecule has 0 unspecified atom stereocenters. The number of benzene rings is 13. The molecule has 84 heavy (non-hydrogen) atoms. The summed E-state index contributed by atoms with van der Waals surface area (Å²) in [5, 5.41) is 17.2. The number of hydrogen-bond acceptors (Lipinski definition) is 7. The molecule has 3 aromatic heterocycles. The van der Waals surface area contributed by atoms with Gasteiger partial charge in [-0.2, -0.15) is 0 Å². The molecule has 0 aliphatic carbocycles. The van der Waals surface area contributed by atoms with Gasteiger partial charge in [-0.1, -0.05) is 143 Å². The SMILES string of the molecule is CC(C)c1cc2ccc(N3c4ccccc4N(c4ccccc4)c4cc5c(cc43)sc3cc4ccccc4cc35)c3c(C(C)C)cc4ccc(N5c6ccccc6N(c6ccncc6)c6cc7c(cc65)oc5cc6ccccc6cc57)c1c4c23. The van der Waals surface area contributed by atoms with Crippen molar-refractivity contribution in [3.63, 3.8) is 0 Å². The summed E-state index contributed by atoms with van der Waals surface area (Å²) in [4.78, 5) is 14.5. The van der Waals surface area contributed by atoms with E-state index in [1.165, 1.54) is 85.5 Å². The maximum Gasteiger partial charge on any atom is 0.137 e. The van der Waals surface area contributed by atoms with E-state index in [1.807, 2.05) is 23.7 Å². The van der Waals surface area contributed by atoms with Gasteiger partial charge in [-0.3, -0.25) is 4.98 Å². The van der Waals surface area contributed by atoms with Gasteiger partial charge < -0.3 is 24.0 Å². The van der Waals surface area contributed by atoms with E-state index in [0.717, 1.165) is 89.9 Å². The Bertz CT molecular complexity index is 5090. The van der Waals surface area contributed by atoms with Crippen molar-refractivity contribution < 1.29 is 4.42 Å². The minimum atomic E-state index is 0.202. The minimum absolute atomic E-state index is 0.202. The van der Waals surface area contributed by atoms with Crippen LogP contribution >= 0.6 is 11.3 Å². The second-order valence-corrected chi connectivity index (χ2v) is 24.6. The molecule has 0 radical (unpaired) electrons. The van der Waals surface area contributed by atoms with Crippen LogP contribution in [-0.4, -0.2) is 4.98 Å². The first kappa shape index (κ1) is 47.4. The highest BCUT2D eigenvalue weighted by Crippen LogP contribution is 2.61.